The van der Waals surface area contributed by atoms with Crippen LogP contribution in [0.1, 0.15) is 10.6 Å². The van der Waals surface area contributed by atoms with Gasteiger partial charge in [0.1, 0.15) is 0 Å². The molecule has 6 heteroatoms. The first-order chi connectivity index (χ1) is 7.31. The highest BCUT2D eigenvalue weighted by molar-refractivity contribution is 7.09. The van der Waals surface area contributed by atoms with Crippen molar-refractivity contribution in [1.82, 2.24) is 9.55 Å². The normalized spacial score (nSPS) is 11.9. The second kappa shape index (κ2) is 4.14. The van der Waals surface area contributed by atoms with E-state index < -0.39 is 0 Å². The first-order valence-corrected chi connectivity index (χ1v) is 5.19. The number of oxime groups is 1. The van der Waals surface area contributed by atoms with Crippen LogP contribution in [-0.2, 0) is 6.54 Å². The molecule has 0 aromatic carbocycles. The van der Waals surface area contributed by atoms with Gasteiger partial charge in [-0.25, -0.2) is 0 Å². The van der Waals surface area contributed by atoms with Crippen molar-refractivity contribution < 1.29 is 5.21 Å². The average molecular weight is 222 g/mol. The average Bonchev–Trinajstić information content (AvgIpc) is 2.88. The molecule has 0 aliphatic heterocycles. The summed E-state index contributed by atoms with van der Waals surface area (Å²) in [5, 5.41) is 11.6. The van der Waals surface area contributed by atoms with Crippen molar-refractivity contribution in [2.75, 3.05) is 0 Å². The molecule has 0 fully saturated rings. The first kappa shape index (κ1) is 9.72. The van der Waals surface area contributed by atoms with Gasteiger partial charge in [0.15, 0.2) is 5.84 Å². The highest BCUT2D eigenvalue weighted by Crippen LogP contribution is 2.10. The fourth-order valence-electron chi connectivity index (χ4n) is 1.32. The fraction of sp³-hybridized carbons (Fsp3) is 0.111. The van der Waals surface area contributed by atoms with Gasteiger partial charge in [0.05, 0.1) is 17.7 Å². The minimum atomic E-state index is 0.115. The van der Waals surface area contributed by atoms with E-state index in [1.54, 1.807) is 29.1 Å². The monoisotopic (exact) mass is 222 g/mol. The predicted molar refractivity (Wildman–Crippen MR) is 58.2 cm³/mol. The molecule has 0 aliphatic carbocycles. The summed E-state index contributed by atoms with van der Waals surface area (Å²) in [6.07, 6.45) is 3.69. The van der Waals surface area contributed by atoms with E-state index in [1.807, 2.05) is 16.8 Å². The smallest absolute Gasteiger partial charge is 0.186 e. The number of hydrogen-bond acceptors (Lipinski definition) is 4. The molecule has 2 heterocycles. The van der Waals surface area contributed by atoms with Gasteiger partial charge in [0.25, 0.3) is 0 Å². The summed E-state index contributed by atoms with van der Waals surface area (Å²) in [6, 6.07) is 3.66. The Balaban J connectivity index is 2.26. The molecule has 78 valence electrons. The maximum atomic E-state index is 8.60. The Bertz CT molecular complexity index is 460. The van der Waals surface area contributed by atoms with Gasteiger partial charge in [0, 0.05) is 17.3 Å². The minimum Gasteiger partial charge on any atom is -0.409 e. The van der Waals surface area contributed by atoms with Crippen LogP contribution in [0, 0.1) is 0 Å². The van der Waals surface area contributed by atoms with E-state index in [9.17, 15) is 0 Å². The molecule has 0 amide bonds. The van der Waals surface area contributed by atoms with Crippen LogP contribution in [0.3, 0.4) is 0 Å². The summed E-state index contributed by atoms with van der Waals surface area (Å²) < 4.78 is 1.91. The molecule has 2 aromatic rings. The van der Waals surface area contributed by atoms with Crippen molar-refractivity contribution in [1.29, 1.82) is 0 Å². The van der Waals surface area contributed by atoms with Crippen LogP contribution in [-0.4, -0.2) is 20.6 Å². The van der Waals surface area contributed by atoms with Crippen molar-refractivity contribution in [2.24, 2.45) is 10.9 Å². The van der Waals surface area contributed by atoms with E-state index in [0.717, 1.165) is 4.88 Å². The third kappa shape index (κ3) is 1.99. The highest BCUT2D eigenvalue weighted by atomic mass is 32.1. The zero-order valence-electron chi connectivity index (χ0n) is 7.87. The third-order valence-corrected chi connectivity index (χ3v) is 2.77. The van der Waals surface area contributed by atoms with Gasteiger partial charge in [-0.2, -0.15) is 0 Å². The highest BCUT2D eigenvalue weighted by Gasteiger charge is 2.06. The summed E-state index contributed by atoms with van der Waals surface area (Å²) in [4.78, 5) is 5.12. The van der Waals surface area contributed by atoms with Crippen molar-refractivity contribution in [3.05, 3.63) is 40.6 Å². The summed E-state index contributed by atoms with van der Waals surface area (Å²) in [5.41, 5.74) is 8.02. The van der Waals surface area contributed by atoms with Crippen LogP contribution in [0.5, 0.6) is 0 Å². The number of rotatable bonds is 3. The predicted octanol–water partition coefficient (Wildman–Crippen LogP) is 1.09. The van der Waals surface area contributed by atoms with E-state index >= 15 is 0 Å². The SMILES string of the molecule is N/C(=N/O)c1cccn1Cc1cncs1. The van der Waals surface area contributed by atoms with Crippen LogP contribution < -0.4 is 5.73 Å². The van der Waals surface area contributed by atoms with Crippen molar-refractivity contribution in [3.63, 3.8) is 0 Å². The van der Waals surface area contributed by atoms with E-state index in [1.165, 1.54) is 0 Å². The molecule has 3 N–H and O–H groups in total. The van der Waals surface area contributed by atoms with Gasteiger partial charge in [-0.05, 0) is 12.1 Å². The Kier molecular flexibility index (Phi) is 2.68. The Morgan fingerprint density at radius 1 is 1.67 bits per heavy atom. The summed E-state index contributed by atoms with van der Waals surface area (Å²) in [5.74, 6) is 0.115. The zero-order valence-corrected chi connectivity index (χ0v) is 8.68. The Hall–Kier alpha value is -1.82. The Morgan fingerprint density at radius 2 is 2.53 bits per heavy atom. The number of aromatic nitrogens is 2. The van der Waals surface area contributed by atoms with Crippen molar-refractivity contribution >= 4 is 17.2 Å². The zero-order chi connectivity index (χ0) is 10.7. The summed E-state index contributed by atoms with van der Waals surface area (Å²) >= 11 is 1.57. The van der Waals surface area contributed by atoms with Crippen LogP contribution in [0.4, 0.5) is 0 Å². The third-order valence-electron chi connectivity index (χ3n) is 2.01. The fourth-order valence-corrected chi connectivity index (χ4v) is 1.92. The number of hydrogen-bond donors (Lipinski definition) is 2. The number of thiazole rings is 1. The molecule has 2 rings (SSSR count). The van der Waals surface area contributed by atoms with E-state index in [2.05, 4.69) is 10.1 Å². The Morgan fingerprint density at radius 3 is 3.20 bits per heavy atom. The molecule has 0 saturated carbocycles. The molecule has 15 heavy (non-hydrogen) atoms. The van der Waals surface area contributed by atoms with Gasteiger partial charge in [-0.1, -0.05) is 5.16 Å². The molecule has 0 atom stereocenters. The lowest BCUT2D eigenvalue weighted by Gasteiger charge is -2.05. The number of nitrogens with two attached hydrogens (primary N) is 1. The van der Waals surface area contributed by atoms with Gasteiger partial charge in [-0.15, -0.1) is 11.3 Å². The molecule has 0 spiro atoms. The van der Waals surface area contributed by atoms with E-state index in [-0.39, 0.29) is 5.84 Å². The number of nitrogens with zero attached hydrogens (tertiary/aromatic N) is 3. The van der Waals surface area contributed by atoms with Crippen LogP contribution >= 0.6 is 11.3 Å². The summed E-state index contributed by atoms with van der Waals surface area (Å²) in [7, 11) is 0. The minimum absolute atomic E-state index is 0.115. The second-order valence-electron chi connectivity index (χ2n) is 2.97. The molecule has 0 unspecified atom stereocenters. The summed E-state index contributed by atoms with van der Waals surface area (Å²) in [6.45, 7) is 0.684. The first-order valence-electron chi connectivity index (χ1n) is 4.31. The molecule has 5 nitrogen and oxygen atoms in total. The maximum Gasteiger partial charge on any atom is 0.186 e. The topological polar surface area (TPSA) is 76.4 Å². The second-order valence-corrected chi connectivity index (χ2v) is 3.95. The van der Waals surface area contributed by atoms with Crippen LogP contribution in [0.15, 0.2) is 35.2 Å². The Labute approximate surface area is 90.5 Å². The number of amidine groups is 1. The van der Waals surface area contributed by atoms with E-state index in [0.29, 0.717) is 12.2 Å². The van der Waals surface area contributed by atoms with Gasteiger partial charge >= 0.3 is 0 Å². The molecule has 0 bridgehead atoms. The molecule has 0 saturated heterocycles. The molecule has 0 radical (unpaired) electrons. The van der Waals surface area contributed by atoms with E-state index in [4.69, 9.17) is 10.9 Å². The molecular weight excluding hydrogens is 212 g/mol. The molecule has 2 aromatic heterocycles. The van der Waals surface area contributed by atoms with Gasteiger partial charge < -0.3 is 15.5 Å². The largest absolute Gasteiger partial charge is 0.409 e. The van der Waals surface area contributed by atoms with Crippen molar-refractivity contribution in [2.45, 2.75) is 6.54 Å². The van der Waals surface area contributed by atoms with Gasteiger partial charge in [-0.3, -0.25) is 4.98 Å². The quantitative estimate of drug-likeness (QED) is 0.353. The molecule has 0 aliphatic rings. The van der Waals surface area contributed by atoms with Crippen molar-refractivity contribution in [3.8, 4) is 0 Å². The van der Waals surface area contributed by atoms with Gasteiger partial charge in [0.2, 0.25) is 0 Å². The lowest BCUT2D eigenvalue weighted by Crippen LogP contribution is -2.18. The van der Waals surface area contributed by atoms with Crippen LogP contribution in [0.25, 0.3) is 0 Å². The maximum absolute atomic E-state index is 8.60. The lowest BCUT2D eigenvalue weighted by molar-refractivity contribution is 0.318. The lowest BCUT2D eigenvalue weighted by atomic mass is 10.4. The standard InChI is InChI=1S/C9H10N4OS/c10-9(12-14)8-2-1-3-13(8)5-7-4-11-6-15-7/h1-4,6,14H,5H2,(H2,10,12). The molecular formula is C9H10N4OS. The van der Waals surface area contributed by atoms with Crippen LogP contribution in [0.2, 0.25) is 0 Å².